The molecule has 158 valence electrons. The summed E-state index contributed by atoms with van der Waals surface area (Å²) in [6.45, 7) is 1.90. The predicted octanol–water partition coefficient (Wildman–Crippen LogP) is 1.74. The normalized spacial score (nSPS) is 16.4. The van der Waals surface area contributed by atoms with E-state index in [0.717, 1.165) is 25.7 Å². The van der Waals surface area contributed by atoms with Crippen molar-refractivity contribution in [2.75, 3.05) is 51.6 Å². The fourth-order valence-electron chi connectivity index (χ4n) is 3.33. The Morgan fingerprint density at radius 2 is 2.03 bits per heavy atom. The van der Waals surface area contributed by atoms with E-state index in [9.17, 15) is 4.79 Å². The monoisotopic (exact) mass is 403 g/mol. The van der Waals surface area contributed by atoms with Crippen molar-refractivity contribution in [2.24, 2.45) is 0 Å². The lowest BCUT2D eigenvalue weighted by Gasteiger charge is -2.22. The van der Waals surface area contributed by atoms with Crippen LogP contribution in [0.4, 0.5) is 11.8 Å². The number of carbonyl (C=O) groups is 1. The molecule has 1 saturated heterocycles. The Morgan fingerprint density at radius 1 is 1.28 bits per heavy atom. The van der Waals surface area contributed by atoms with Crippen molar-refractivity contribution in [2.45, 2.75) is 31.8 Å². The molecule has 1 unspecified atom stereocenters. The zero-order chi connectivity index (χ0) is 20.8. The largest absolute Gasteiger partial charge is 0.493 e. The maximum atomic E-state index is 12.1. The molecule has 2 aromatic rings. The van der Waals surface area contributed by atoms with Gasteiger partial charge in [-0.1, -0.05) is 0 Å². The summed E-state index contributed by atoms with van der Waals surface area (Å²) in [5.41, 5.74) is 6.82. The molecule has 0 spiro atoms. The first-order valence-electron chi connectivity index (χ1n) is 9.83. The zero-order valence-electron chi connectivity index (χ0n) is 17.2. The van der Waals surface area contributed by atoms with E-state index in [-0.39, 0.29) is 12.0 Å². The number of amides is 1. The summed E-state index contributed by atoms with van der Waals surface area (Å²) >= 11 is 0. The Kier molecular flexibility index (Phi) is 6.92. The number of benzene rings is 1. The Labute approximate surface area is 170 Å². The highest BCUT2D eigenvalue weighted by molar-refractivity contribution is 5.91. The van der Waals surface area contributed by atoms with E-state index in [0.29, 0.717) is 53.9 Å². The Balaban J connectivity index is 1.60. The van der Waals surface area contributed by atoms with Crippen LogP contribution in [0.3, 0.4) is 0 Å². The van der Waals surface area contributed by atoms with Crippen LogP contribution in [0, 0.1) is 0 Å². The molecule has 1 aromatic carbocycles. The molecule has 9 heteroatoms. The Hall–Kier alpha value is -2.81. The van der Waals surface area contributed by atoms with Crippen LogP contribution in [0.5, 0.6) is 11.5 Å². The molecule has 1 atom stereocenters. The average molecular weight is 403 g/mol. The molecule has 9 nitrogen and oxygen atoms in total. The summed E-state index contributed by atoms with van der Waals surface area (Å²) < 4.78 is 16.2. The second-order valence-corrected chi connectivity index (χ2v) is 7.05. The summed E-state index contributed by atoms with van der Waals surface area (Å²) in [5, 5.41) is 3.65. The van der Waals surface area contributed by atoms with E-state index in [4.69, 9.17) is 19.9 Å². The second kappa shape index (κ2) is 9.60. The van der Waals surface area contributed by atoms with Crippen molar-refractivity contribution >= 4 is 28.6 Å². The summed E-state index contributed by atoms with van der Waals surface area (Å²) in [6.07, 6.45) is 3.31. The van der Waals surface area contributed by atoms with Crippen LogP contribution >= 0.6 is 0 Å². The molecule has 1 aromatic heterocycles. The SMILES string of the molecule is COc1cc2nc(N(C)CCCNC(=O)C3CCCCO3)nc(N)c2cc1OC. The van der Waals surface area contributed by atoms with Gasteiger partial charge in [0.25, 0.3) is 0 Å². The van der Waals surface area contributed by atoms with Gasteiger partial charge in [0.05, 0.1) is 19.7 Å². The topological polar surface area (TPSA) is 112 Å². The van der Waals surface area contributed by atoms with Gasteiger partial charge >= 0.3 is 0 Å². The minimum absolute atomic E-state index is 0.0282. The number of hydrogen-bond donors (Lipinski definition) is 2. The fourth-order valence-corrected chi connectivity index (χ4v) is 3.33. The highest BCUT2D eigenvalue weighted by Gasteiger charge is 2.21. The first-order chi connectivity index (χ1) is 14.0. The number of nitrogen functional groups attached to an aromatic ring is 1. The first-order valence-corrected chi connectivity index (χ1v) is 9.83. The summed E-state index contributed by atoms with van der Waals surface area (Å²) in [4.78, 5) is 23.0. The number of methoxy groups -OCH3 is 2. The van der Waals surface area contributed by atoms with E-state index >= 15 is 0 Å². The molecular formula is C20H29N5O4. The third-order valence-corrected chi connectivity index (χ3v) is 5.00. The highest BCUT2D eigenvalue weighted by Crippen LogP contribution is 2.33. The van der Waals surface area contributed by atoms with E-state index in [1.54, 1.807) is 26.4 Å². The Bertz CT molecular complexity index is 854. The van der Waals surface area contributed by atoms with Gasteiger partial charge in [0.1, 0.15) is 11.9 Å². The molecule has 0 bridgehead atoms. The van der Waals surface area contributed by atoms with Crippen LogP contribution in [0.1, 0.15) is 25.7 Å². The molecule has 2 heterocycles. The number of nitrogens with one attached hydrogen (secondary N) is 1. The molecule has 3 N–H and O–H groups in total. The van der Waals surface area contributed by atoms with E-state index in [1.165, 1.54) is 0 Å². The van der Waals surface area contributed by atoms with Crippen LogP contribution in [-0.2, 0) is 9.53 Å². The molecule has 1 fully saturated rings. The average Bonchev–Trinajstić information content (AvgIpc) is 2.75. The van der Waals surface area contributed by atoms with Crippen molar-refractivity contribution in [3.63, 3.8) is 0 Å². The molecule has 0 aliphatic carbocycles. The van der Waals surface area contributed by atoms with E-state index in [1.807, 2.05) is 11.9 Å². The van der Waals surface area contributed by atoms with Gasteiger partial charge in [-0.15, -0.1) is 0 Å². The second-order valence-electron chi connectivity index (χ2n) is 7.05. The molecule has 0 saturated carbocycles. The van der Waals surface area contributed by atoms with Crippen molar-refractivity contribution in [3.05, 3.63) is 12.1 Å². The minimum Gasteiger partial charge on any atom is -0.493 e. The number of ether oxygens (including phenoxy) is 3. The number of nitrogens with two attached hydrogens (primary N) is 1. The summed E-state index contributed by atoms with van der Waals surface area (Å²) in [5.74, 6) is 2.03. The maximum absolute atomic E-state index is 12.1. The van der Waals surface area contributed by atoms with Gasteiger partial charge in [-0.3, -0.25) is 4.79 Å². The Morgan fingerprint density at radius 3 is 2.72 bits per heavy atom. The fraction of sp³-hybridized carbons (Fsp3) is 0.550. The smallest absolute Gasteiger partial charge is 0.249 e. The molecule has 29 heavy (non-hydrogen) atoms. The number of hydrogen-bond acceptors (Lipinski definition) is 8. The summed E-state index contributed by atoms with van der Waals surface area (Å²) in [6, 6.07) is 3.56. The van der Waals surface area contributed by atoms with Gasteiger partial charge in [0.15, 0.2) is 11.5 Å². The maximum Gasteiger partial charge on any atom is 0.249 e. The third-order valence-electron chi connectivity index (χ3n) is 5.00. The number of rotatable bonds is 8. The zero-order valence-corrected chi connectivity index (χ0v) is 17.2. The van der Waals surface area contributed by atoms with E-state index < -0.39 is 0 Å². The molecular weight excluding hydrogens is 374 g/mol. The van der Waals surface area contributed by atoms with Gasteiger partial charge in [0, 0.05) is 38.2 Å². The number of aromatic nitrogens is 2. The van der Waals surface area contributed by atoms with Gasteiger partial charge < -0.3 is 30.2 Å². The van der Waals surface area contributed by atoms with E-state index in [2.05, 4.69) is 15.3 Å². The molecule has 0 radical (unpaired) electrons. The lowest BCUT2D eigenvalue weighted by molar-refractivity contribution is -0.135. The molecule has 1 amide bonds. The standard InChI is InChI=1S/C20H29N5O4/c1-25(9-6-8-22-19(26)15-7-4-5-10-29-15)20-23-14-12-17(28-3)16(27-2)11-13(14)18(21)24-20/h11-12,15H,4-10H2,1-3H3,(H,22,26)(H2,21,23,24). The van der Waals surface area contributed by atoms with Crippen LogP contribution in [0.25, 0.3) is 10.9 Å². The minimum atomic E-state index is -0.308. The van der Waals surface area contributed by atoms with Gasteiger partial charge in [-0.2, -0.15) is 4.98 Å². The first kappa shape index (κ1) is 20.9. The van der Waals surface area contributed by atoms with Crippen LogP contribution in [-0.4, -0.2) is 62.9 Å². The van der Waals surface area contributed by atoms with Crippen molar-refractivity contribution in [1.82, 2.24) is 15.3 Å². The number of fused-ring (bicyclic) bond motifs is 1. The third kappa shape index (κ3) is 4.97. The van der Waals surface area contributed by atoms with Crippen LogP contribution in [0.15, 0.2) is 12.1 Å². The van der Waals surface area contributed by atoms with Crippen molar-refractivity contribution < 1.29 is 19.0 Å². The van der Waals surface area contributed by atoms with Crippen LogP contribution in [0.2, 0.25) is 0 Å². The molecule has 1 aliphatic heterocycles. The lowest BCUT2D eigenvalue weighted by Crippen LogP contribution is -2.39. The van der Waals surface area contributed by atoms with Gasteiger partial charge in [-0.05, 0) is 31.7 Å². The number of carbonyl (C=O) groups excluding carboxylic acids is 1. The molecule has 3 rings (SSSR count). The lowest BCUT2D eigenvalue weighted by atomic mass is 10.1. The van der Waals surface area contributed by atoms with Gasteiger partial charge in [-0.25, -0.2) is 4.98 Å². The summed E-state index contributed by atoms with van der Waals surface area (Å²) in [7, 11) is 5.05. The quantitative estimate of drug-likeness (QED) is 0.641. The van der Waals surface area contributed by atoms with Gasteiger partial charge in [0.2, 0.25) is 11.9 Å². The van der Waals surface area contributed by atoms with Crippen molar-refractivity contribution in [3.8, 4) is 11.5 Å². The predicted molar refractivity (Wildman–Crippen MR) is 112 cm³/mol. The highest BCUT2D eigenvalue weighted by atomic mass is 16.5. The molecule has 1 aliphatic rings. The van der Waals surface area contributed by atoms with Crippen molar-refractivity contribution in [1.29, 1.82) is 0 Å². The number of nitrogens with zero attached hydrogens (tertiary/aromatic N) is 3. The number of anilines is 2. The van der Waals surface area contributed by atoms with Crippen LogP contribution < -0.4 is 25.4 Å².